The zero-order chi connectivity index (χ0) is 33.9. The van der Waals surface area contributed by atoms with Crippen LogP contribution in [0.1, 0.15) is 118 Å². The molecule has 3 saturated carbocycles. The average Bonchev–Trinajstić information content (AvgIpc) is 2.93. The third-order valence-corrected chi connectivity index (χ3v) is 14.3. The summed E-state index contributed by atoms with van der Waals surface area (Å²) in [5.74, 6) is 1.44. The monoisotopic (exact) mass is 678 g/mol. The SMILES string of the molecule is C=C1CCCC2C1(CCC1(C)C(C)CC=C3C1CCCC3(C)C)CCC(C)C2(C)Cc1cc(OS(=O)(=O)O)ccc1OS(=O)(=O)O. The van der Waals surface area contributed by atoms with E-state index in [1.807, 2.05) is 0 Å². The number of hydrogen-bond donors (Lipinski definition) is 2. The Bertz CT molecular complexity index is 1590. The first kappa shape index (κ1) is 35.4. The van der Waals surface area contributed by atoms with Gasteiger partial charge < -0.3 is 8.37 Å². The van der Waals surface area contributed by atoms with Crippen molar-refractivity contribution < 1.29 is 34.3 Å². The van der Waals surface area contributed by atoms with Crippen molar-refractivity contribution in [3.63, 3.8) is 0 Å². The summed E-state index contributed by atoms with van der Waals surface area (Å²) < 4.78 is 75.3. The number of fused-ring (bicyclic) bond motifs is 2. The third kappa shape index (κ3) is 6.70. The Morgan fingerprint density at radius 2 is 1.57 bits per heavy atom. The molecular weight excluding hydrogens is 625 g/mol. The zero-order valence-corrected chi connectivity index (χ0v) is 30.1. The van der Waals surface area contributed by atoms with Gasteiger partial charge in [0.25, 0.3) is 0 Å². The van der Waals surface area contributed by atoms with Gasteiger partial charge in [-0.05, 0) is 134 Å². The predicted octanol–water partition coefficient (Wildman–Crippen LogP) is 8.95. The predicted molar refractivity (Wildman–Crippen MR) is 180 cm³/mol. The lowest BCUT2D eigenvalue weighted by Gasteiger charge is -2.61. The fourth-order valence-electron chi connectivity index (χ4n) is 10.4. The molecule has 10 heteroatoms. The van der Waals surface area contributed by atoms with Crippen LogP contribution in [-0.2, 0) is 27.2 Å². The van der Waals surface area contributed by atoms with Gasteiger partial charge in [-0.3, -0.25) is 9.11 Å². The summed E-state index contributed by atoms with van der Waals surface area (Å²) in [6.07, 6.45) is 15.1. The molecular formula is C36H54O8S2. The Kier molecular flexibility index (Phi) is 9.41. The van der Waals surface area contributed by atoms with Crippen molar-refractivity contribution in [2.75, 3.05) is 0 Å². The molecule has 0 aromatic heterocycles. The van der Waals surface area contributed by atoms with Gasteiger partial charge in [0.15, 0.2) is 0 Å². The van der Waals surface area contributed by atoms with Gasteiger partial charge >= 0.3 is 20.8 Å². The summed E-state index contributed by atoms with van der Waals surface area (Å²) in [6.45, 7) is 19.1. The minimum atomic E-state index is -4.84. The molecule has 0 aliphatic heterocycles. The molecule has 5 rings (SSSR count). The Hall–Kier alpha value is -1.88. The molecule has 1 aromatic carbocycles. The molecule has 0 spiro atoms. The first-order valence-electron chi connectivity index (χ1n) is 17.1. The first-order valence-corrected chi connectivity index (χ1v) is 19.8. The molecule has 4 aliphatic rings. The van der Waals surface area contributed by atoms with Crippen molar-refractivity contribution in [2.45, 2.75) is 119 Å². The molecule has 46 heavy (non-hydrogen) atoms. The van der Waals surface area contributed by atoms with E-state index in [1.165, 1.54) is 43.0 Å². The van der Waals surface area contributed by atoms with E-state index in [-0.39, 0.29) is 45.0 Å². The highest BCUT2D eigenvalue weighted by Crippen LogP contribution is 2.66. The Labute approximate surface area is 277 Å². The molecule has 7 unspecified atom stereocenters. The molecule has 258 valence electrons. The molecule has 1 aromatic rings. The molecule has 7 atom stereocenters. The van der Waals surface area contributed by atoms with Crippen molar-refractivity contribution in [1.29, 1.82) is 0 Å². The van der Waals surface area contributed by atoms with Crippen molar-refractivity contribution in [2.24, 2.45) is 45.3 Å². The summed E-state index contributed by atoms with van der Waals surface area (Å²) in [4.78, 5) is 0. The topological polar surface area (TPSA) is 127 Å². The number of hydrogen-bond acceptors (Lipinski definition) is 6. The summed E-state index contributed by atoms with van der Waals surface area (Å²) in [7, 11) is -9.65. The fraction of sp³-hybridized carbons (Fsp3) is 0.722. The molecule has 4 aliphatic carbocycles. The van der Waals surface area contributed by atoms with E-state index >= 15 is 0 Å². The summed E-state index contributed by atoms with van der Waals surface area (Å²) >= 11 is 0. The number of allylic oxidation sites excluding steroid dienone is 3. The maximum Gasteiger partial charge on any atom is 0.446 e. The van der Waals surface area contributed by atoms with Crippen molar-refractivity contribution >= 4 is 20.8 Å². The Morgan fingerprint density at radius 3 is 2.24 bits per heavy atom. The van der Waals surface area contributed by atoms with E-state index < -0.39 is 20.8 Å². The van der Waals surface area contributed by atoms with E-state index in [2.05, 4.69) is 47.6 Å². The van der Waals surface area contributed by atoms with Gasteiger partial charge in [-0.2, -0.15) is 16.8 Å². The second-order valence-corrected chi connectivity index (χ2v) is 18.3. The Morgan fingerprint density at radius 1 is 0.870 bits per heavy atom. The van der Waals surface area contributed by atoms with Gasteiger partial charge in [0.1, 0.15) is 11.5 Å². The molecule has 0 saturated heterocycles. The van der Waals surface area contributed by atoms with Gasteiger partial charge in [-0.25, -0.2) is 0 Å². The summed E-state index contributed by atoms with van der Waals surface area (Å²) in [5, 5.41) is 0. The molecule has 0 bridgehead atoms. The summed E-state index contributed by atoms with van der Waals surface area (Å²) in [5.41, 5.74) is 3.42. The molecule has 0 amide bonds. The highest BCUT2D eigenvalue weighted by Gasteiger charge is 2.57. The standard InChI is InChI=1S/C36H54O8S2/c1-24-13-15-29-30(11-9-18-33(29,4)5)34(24,6)20-21-36-19-17-25(2)35(7,32(36)12-8-10-26(36)3)23-27-22-28(43-45(37,38)39)14-16-31(27)44-46(40,41)42/h14-16,22,24-25,30,32H,3,8-13,17-21,23H2,1-2,4-7H3,(H,37,38,39)(H,40,41,42). The molecule has 0 radical (unpaired) electrons. The second kappa shape index (κ2) is 12.2. The lowest BCUT2D eigenvalue weighted by atomic mass is 9.43. The smallest absolute Gasteiger partial charge is 0.362 e. The van der Waals surface area contributed by atoms with Crippen molar-refractivity contribution in [3.8, 4) is 11.5 Å². The number of benzene rings is 1. The van der Waals surface area contributed by atoms with E-state index in [1.54, 1.807) is 5.57 Å². The van der Waals surface area contributed by atoms with Gasteiger partial charge in [0.05, 0.1) is 0 Å². The van der Waals surface area contributed by atoms with Crippen LogP contribution in [0.4, 0.5) is 0 Å². The Balaban J connectivity index is 1.51. The average molecular weight is 679 g/mol. The van der Waals surface area contributed by atoms with Gasteiger partial charge in [-0.1, -0.05) is 71.8 Å². The van der Waals surface area contributed by atoms with Crippen LogP contribution in [0.15, 0.2) is 42.0 Å². The normalized spacial score (nSPS) is 36.3. The van der Waals surface area contributed by atoms with Crippen LogP contribution in [-0.4, -0.2) is 25.9 Å². The molecule has 8 nitrogen and oxygen atoms in total. The zero-order valence-electron chi connectivity index (χ0n) is 28.5. The van der Waals surface area contributed by atoms with Gasteiger partial charge in [0.2, 0.25) is 0 Å². The minimum Gasteiger partial charge on any atom is -0.362 e. The summed E-state index contributed by atoms with van der Waals surface area (Å²) in [6, 6.07) is 3.84. The molecule has 2 N–H and O–H groups in total. The van der Waals surface area contributed by atoms with Crippen LogP contribution in [0.5, 0.6) is 11.5 Å². The fourth-order valence-corrected chi connectivity index (χ4v) is 11.2. The maximum absolute atomic E-state index is 11.8. The van der Waals surface area contributed by atoms with Crippen LogP contribution >= 0.6 is 0 Å². The highest BCUT2D eigenvalue weighted by molar-refractivity contribution is 7.81. The van der Waals surface area contributed by atoms with Crippen LogP contribution in [0.2, 0.25) is 0 Å². The quantitative estimate of drug-likeness (QED) is 0.196. The van der Waals surface area contributed by atoms with E-state index in [0.29, 0.717) is 23.8 Å². The third-order valence-electron chi connectivity index (χ3n) is 13.5. The van der Waals surface area contributed by atoms with E-state index in [0.717, 1.165) is 51.4 Å². The van der Waals surface area contributed by atoms with Crippen molar-refractivity contribution in [1.82, 2.24) is 0 Å². The van der Waals surface area contributed by atoms with Gasteiger partial charge in [0, 0.05) is 5.56 Å². The van der Waals surface area contributed by atoms with E-state index in [9.17, 15) is 25.9 Å². The first-order chi connectivity index (χ1) is 21.2. The van der Waals surface area contributed by atoms with Crippen LogP contribution in [0.25, 0.3) is 0 Å². The number of rotatable bonds is 9. The van der Waals surface area contributed by atoms with Crippen LogP contribution < -0.4 is 8.37 Å². The largest absolute Gasteiger partial charge is 0.446 e. The second-order valence-electron chi connectivity index (χ2n) is 16.2. The maximum atomic E-state index is 11.8. The molecule has 0 heterocycles. The van der Waals surface area contributed by atoms with Gasteiger partial charge in [-0.15, -0.1) is 0 Å². The lowest BCUT2D eigenvalue weighted by Crippen LogP contribution is -2.53. The van der Waals surface area contributed by atoms with E-state index in [4.69, 9.17) is 14.9 Å². The minimum absolute atomic E-state index is 0.0691. The van der Waals surface area contributed by atoms with Crippen LogP contribution in [0, 0.1) is 45.3 Å². The molecule has 3 fully saturated rings. The van der Waals surface area contributed by atoms with Crippen molar-refractivity contribution in [3.05, 3.63) is 47.6 Å². The van der Waals surface area contributed by atoms with Crippen LogP contribution in [0.3, 0.4) is 0 Å². The highest BCUT2D eigenvalue weighted by atomic mass is 32.3. The lowest BCUT2D eigenvalue weighted by molar-refractivity contribution is -0.0731.